The van der Waals surface area contributed by atoms with Gasteiger partial charge in [0.05, 0.1) is 17.2 Å². The van der Waals surface area contributed by atoms with Crippen molar-refractivity contribution in [2.75, 3.05) is 23.8 Å². The van der Waals surface area contributed by atoms with Gasteiger partial charge >= 0.3 is 0 Å². The minimum absolute atomic E-state index is 0.235. The van der Waals surface area contributed by atoms with Crippen molar-refractivity contribution in [1.82, 2.24) is 10.3 Å². The molecule has 0 aromatic carbocycles. The summed E-state index contributed by atoms with van der Waals surface area (Å²) in [5.74, 6) is 0.527. The molecule has 1 atom stereocenters. The molecule has 1 unspecified atom stereocenters. The average molecular weight is 275 g/mol. The fourth-order valence-electron chi connectivity index (χ4n) is 2.08. The number of hydrogen-bond acceptors (Lipinski definition) is 6. The molecule has 1 aliphatic heterocycles. The van der Waals surface area contributed by atoms with E-state index < -0.39 is 9.84 Å². The third-order valence-corrected chi connectivity index (χ3v) is 5.63. The van der Waals surface area contributed by atoms with Crippen LogP contribution in [0.5, 0.6) is 0 Å². The number of nitrogens with one attached hydrogen (secondary N) is 1. The van der Waals surface area contributed by atoms with E-state index in [0.717, 1.165) is 18.7 Å². The highest BCUT2D eigenvalue weighted by Gasteiger charge is 2.37. The molecule has 0 saturated carbocycles. The number of rotatable bonds is 4. The number of nitrogens with two attached hydrogens (primary N) is 1. The van der Waals surface area contributed by atoms with Gasteiger partial charge in [-0.05, 0) is 13.3 Å². The number of anilines is 1. The van der Waals surface area contributed by atoms with Gasteiger partial charge in [0, 0.05) is 23.9 Å². The smallest absolute Gasteiger partial charge is 0.180 e. The van der Waals surface area contributed by atoms with Crippen LogP contribution in [0.1, 0.15) is 19.0 Å². The number of nitrogens with zero attached hydrogens (tertiary/aromatic N) is 1. The molecule has 0 amide bonds. The molecule has 0 spiro atoms. The SMILES string of the molecule is CC1(NCCc2csc(N)n2)CCS(=O)(=O)C1. The van der Waals surface area contributed by atoms with Crippen LogP contribution in [-0.4, -0.2) is 37.0 Å². The second kappa shape index (κ2) is 4.55. The standard InChI is InChI=1S/C10H17N3O2S2/c1-10(3-5-17(14,15)7-10)12-4-2-8-6-16-9(11)13-8/h6,12H,2-5,7H2,1H3,(H2,11,13). The molecule has 0 aliphatic carbocycles. The van der Waals surface area contributed by atoms with Crippen LogP contribution in [-0.2, 0) is 16.3 Å². The summed E-state index contributed by atoms with van der Waals surface area (Å²) in [6.45, 7) is 2.70. The van der Waals surface area contributed by atoms with Crippen molar-refractivity contribution in [3.63, 3.8) is 0 Å². The molecule has 1 aromatic rings. The predicted molar refractivity (Wildman–Crippen MR) is 69.9 cm³/mol. The Bertz CT molecular complexity index is 497. The van der Waals surface area contributed by atoms with E-state index in [2.05, 4.69) is 10.3 Å². The van der Waals surface area contributed by atoms with E-state index in [1.807, 2.05) is 12.3 Å². The lowest BCUT2D eigenvalue weighted by Crippen LogP contribution is -2.44. The van der Waals surface area contributed by atoms with Crippen molar-refractivity contribution in [2.45, 2.75) is 25.3 Å². The van der Waals surface area contributed by atoms with Crippen molar-refractivity contribution >= 4 is 26.3 Å². The zero-order valence-corrected chi connectivity index (χ0v) is 11.4. The first-order valence-corrected chi connectivity index (χ1v) is 8.24. The molecule has 7 heteroatoms. The lowest BCUT2D eigenvalue weighted by Gasteiger charge is -2.23. The highest BCUT2D eigenvalue weighted by atomic mass is 32.2. The van der Waals surface area contributed by atoms with Gasteiger partial charge in [0.25, 0.3) is 0 Å². The van der Waals surface area contributed by atoms with Crippen LogP contribution in [0, 0.1) is 0 Å². The lowest BCUT2D eigenvalue weighted by molar-refractivity contribution is 0.400. The number of aromatic nitrogens is 1. The van der Waals surface area contributed by atoms with Crippen LogP contribution in [0.2, 0.25) is 0 Å². The summed E-state index contributed by atoms with van der Waals surface area (Å²) >= 11 is 1.43. The van der Waals surface area contributed by atoms with Crippen LogP contribution in [0.15, 0.2) is 5.38 Å². The maximum absolute atomic E-state index is 11.4. The molecule has 17 heavy (non-hydrogen) atoms. The van der Waals surface area contributed by atoms with E-state index in [9.17, 15) is 8.42 Å². The van der Waals surface area contributed by atoms with E-state index in [1.165, 1.54) is 11.3 Å². The first kappa shape index (κ1) is 12.8. The normalized spacial score (nSPS) is 27.4. The van der Waals surface area contributed by atoms with Gasteiger partial charge in [0.2, 0.25) is 0 Å². The first-order valence-electron chi connectivity index (χ1n) is 5.54. The molecule has 1 aromatic heterocycles. The maximum Gasteiger partial charge on any atom is 0.180 e. The van der Waals surface area contributed by atoms with Gasteiger partial charge in [-0.2, -0.15) is 0 Å². The van der Waals surface area contributed by atoms with E-state index in [4.69, 9.17) is 5.73 Å². The Kier molecular flexibility index (Phi) is 3.42. The molecule has 1 fully saturated rings. The minimum atomic E-state index is -2.84. The number of nitrogen functional groups attached to an aromatic ring is 1. The van der Waals surface area contributed by atoms with Crippen LogP contribution >= 0.6 is 11.3 Å². The average Bonchev–Trinajstić information content (AvgIpc) is 2.72. The van der Waals surface area contributed by atoms with E-state index in [-0.39, 0.29) is 11.3 Å². The molecule has 1 aliphatic rings. The predicted octanol–water partition coefficient (Wildman–Crippen LogP) is 0.435. The zero-order chi connectivity index (χ0) is 12.5. The zero-order valence-electron chi connectivity index (χ0n) is 9.77. The fourth-order valence-corrected chi connectivity index (χ4v) is 4.80. The van der Waals surface area contributed by atoms with Crippen molar-refractivity contribution in [1.29, 1.82) is 0 Å². The quantitative estimate of drug-likeness (QED) is 0.832. The first-order chi connectivity index (χ1) is 7.89. The molecular weight excluding hydrogens is 258 g/mol. The van der Waals surface area contributed by atoms with Crippen LogP contribution in [0.4, 0.5) is 5.13 Å². The molecule has 2 rings (SSSR count). The monoisotopic (exact) mass is 275 g/mol. The summed E-state index contributed by atoms with van der Waals surface area (Å²) in [6, 6.07) is 0. The van der Waals surface area contributed by atoms with E-state index in [1.54, 1.807) is 0 Å². The third-order valence-electron chi connectivity index (χ3n) is 3.01. The lowest BCUT2D eigenvalue weighted by atomic mass is 10.0. The highest BCUT2D eigenvalue weighted by Crippen LogP contribution is 2.22. The van der Waals surface area contributed by atoms with Crippen LogP contribution in [0.25, 0.3) is 0 Å². The second-order valence-corrected chi connectivity index (χ2v) is 7.83. The Morgan fingerprint density at radius 2 is 2.41 bits per heavy atom. The Hall–Kier alpha value is -0.660. The summed E-state index contributed by atoms with van der Waals surface area (Å²) in [6.07, 6.45) is 1.47. The molecule has 1 saturated heterocycles. The van der Waals surface area contributed by atoms with Gasteiger partial charge < -0.3 is 11.1 Å². The molecule has 96 valence electrons. The van der Waals surface area contributed by atoms with Crippen molar-refractivity contribution in [3.05, 3.63) is 11.1 Å². The molecule has 2 heterocycles. The van der Waals surface area contributed by atoms with Crippen LogP contribution in [0.3, 0.4) is 0 Å². The Balaban J connectivity index is 1.83. The molecule has 3 N–H and O–H groups in total. The summed E-state index contributed by atoms with van der Waals surface area (Å²) in [4.78, 5) is 4.16. The molecule has 0 radical (unpaired) electrons. The third kappa shape index (κ3) is 3.40. The molecule has 0 bridgehead atoms. The summed E-state index contributed by atoms with van der Waals surface area (Å²) in [5.41, 5.74) is 6.23. The largest absolute Gasteiger partial charge is 0.375 e. The van der Waals surface area contributed by atoms with Gasteiger partial charge in [-0.15, -0.1) is 11.3 Å². The number of thiazole rings is 1. The Morgan fingerprint density at radius 1 is 1.65 bits per heavy atom. The minimum Gasteiger partial charge on any atom is -0.375 e. The van der Waals surface area contributed by atoms with Crippen molar-refractivity contribution < 1.29 is 8.42 Å². The van der Waals surface area contributed by atoms with Crippen LogP contribution < -0.4 is 11.1 Å². The Morgan fingerprint density at radius 3 is 2.94 bits per heavy atom. The van der Waals surface area contributed by atoms with Gasteiger partial charge in [-0.1, -0.05) is 0 Å². The maximum atomic E-state index is 11.4. The second-order valence-electron chi connectivity index (χ2n) is 4.76. The molecule has 5 nitrogen and oxygen atoms in total. The van der Waals surface area contributed by atoms with Gasteiger partial charge in [-0.3, -0.25) is 0 Å². The topological polar surface area (TPSA) is 85.1 Å². The van der Waals surface area contributed by atoms with Gasteiger partial charge in [-0.25, -0.2) is 13.4 Å². The van der Waals surface area contributed by atoms with E-state index in [0.29, 0.717) is 17.3 Å². The van der Waals surface area contributed by atoms with Gasteiger partial charge in [0.15, 0.2) is 15.0 Å². The highest BCUT2D eigenvalue weighted by molar-refractivity contribution is 7.91. The number of sulfone groups is 1. The molecular formula is C10H17N3O2S2. The summed E-state index contributed by atoms with van der Waals surface area (Å²) in [7, 11) is -2.84. The van der Waals surface area contributed by atoms with Gasteiger partial charge in [0.1, 0.15) is 0 Å². The van der Waals surface area contributed by atoms with Crippen molar-refractivity contribution in [3.8, 4) is 0 Å². The summed E-state index contributed by atoms with van der Waals surface area (Å²) < 4.78 is 22.8. The summed E-state index contributed by atoms with van der Waals surface area (Å²) in [5, 5.41) is 5.83. The van der Waals surface area contributed by atoms with Crippen molar-refractivity contribution in [2.24, 2.45) is 0 Å². The fraction of sp³-hybridized carbons (Fsp3) is 0.700. The number of hydrogen-bond donors (Lipinski definition) is 2. The van der Waals surface area contributed by atoms with E-state index >= 15 is 0 Å². The Labute approximate surface area is 105 Å².